The summed E-state index contributed by atoms with van der Waals surface area (Å²) in [6, 6.07) is 15.1. The first-order valence-electron chi connectivity index (χ1n) is 9.51. The van der Waals surface area contributed by atoms with E-state index in [0.717, 1.165) is 33.1 Å². The Morgan fingerprint density at radius 3 is 2.65 bits per heavy atom. The lowest BCUT2D eigenvalue weighted by atomic mass is 10.1. The summed E-state index contributed by atoms with van der Waals surface area (Å²) in [5.74, 6) is 1.38. The number of allylic oxidation sites excluding steroid dienone is 1. The van der Waals surface area contributed by atoms with Gasteiger partial charge in [0.05, 0.1) is 23.3 Å². The summed E-state index contributed by atoms with van der Waals surface area (Å²) in [5.41, 5.74) is 3.48. The fourth-order valence-electron chi connectivity index (χ4n) is 2.78. The van der Waals surface area contributed by atoms with Gasteiger partial charge in [-0.15, -0.1) is 11.8 Å². The van der Waals surface area contributed by atoms with E-state index in [1.54, 1.807) is 36.2 Å². The number of rotatable bonds is 9. The zero-order valence-corrected chi connectivity index (χ0v) is 19.6. The van der Waals surface area contributed by atoms with Gasteiger partial charge in [0.25, 0.3) is 0 Å². The zero-order valence-electron chi connectivity index (χ0n) is 17.2. The van der Waals surface area contributed by atoms with Crippen molar-refractivity contribution in [3.05, 3.63) is 76.3 Å². The van der Waals surface area contributed by atoms with Gasteiger partial charge in [-0.2, -0.15) is 0 Å². The van der Waals surface area contributed by atoms with Crippen molar-refractivity contribution in [3.8, 4) is 11.4 Å². The molecule has 0 fully saturated rings. The Morgan fingerprint density at radius 1 is 1.19 bits per heavy atom. The summed E-state index contributed by atoms with van der Waals surface area (Å²) >= 11 is 13.6. The summed E-state index contributed by atoms with van der Waals surface area (Å²) in [7, 11) is 0. The van der Waals surface area contributed by atoms with E-state index < -0.39 is 0 Å². The molecule has 1 heterocycles. The maximum Gasteiger partial charge on any atom is 0.162 e. The average molecular weight is 473 g/mol. The van der Waals surface area contributed by atoms with Crippen LogP contribution in [0.5, 0.6) is 0 Å². The van der Waals surface area contributed by atoms with Gasteiger partial charge >= 0.3 is 0 Å². The van der Waals surface area contributed by atoms with Crippen molar-refractivity contribution in [3.63, 3.8) is 0 Å². The Kier molecular flexibility index (Phi) is 8.35. The normalized spacial score (nSPS) is 11.0. The van der Waals surface area contributed by atoms with Crippen LogP contribution in [0.25, 0.3) is 17.0 Å². The summed E-state index contributed by atoms with van der Waals surface area (Å²) in [4.78, 5) is 14.8. The molecule has 3 rings (SSSR count). The monoisotopic (exact) mass is 472 g/mol. The number of nitrogens with one attached hydrogen (secondary N) is 1. The third-order valence-electron chi connectivity index (χ3n) is 4.24. The molecule has 0 saturated carbocycles. The molecule has 0 aliphatic heterocycles. The van der Waals surface area contributed by atoms with E-state index in [-0.39, 0.29) is 0 Å². The zero-order chi connectivity index (χ0) is 22.2. The second kappa shape index (κ2) is 11.2. The van der Waals surface area contributed by atoms with Gasteiger partial charge < -0.3 is 10.2 Å². The molecular formula is C23H22Cl2N4OS. The highest BCUT2D eigenvalue weighted by molar-refractivity contribution is 7.98. The molecule has 31 heavy (non-hydrogen) atoms. The summed E-state index contributed by atoms with van der Waals surface area (Å²) in [5, 5.41) is 9.27. The minimum Gasteiger partial charge on any atom is -0.394 e. The van der Waals surface area contributed by atoms with Crippen molar-refractivity contribution < 1.29 is 4.84 Å². The van der Waals surface area contributed by atoms with Crippen LogP contribution in [0, 0.1) is 0 Å². The molecule has 0 aliphatic rings. The Morgan fingerprint density at radius 2 is 1.97 bits per heavy atom. The van der Waals surface area contributed by atoms with Crippen LogP contribution in [-0.4, -0.2) is 35.6 Å². The highest BCUT2D eigenvalue weighted by Crippen LogP contribution is 2.32. The van der Waals surface area contributed by atoms with Crippen molar-refractivity contribution in [1.29, 1.82) is 0 Å². The standard InChI is InChI=1S/C23H22Cl2N4OS/c1-15(2)20-22(28-21(29-23(20)31-3)16-7-5-4-6-8-16)26-11-12-30-27-14-17-9-10-18(24)13-19(17)25/h4-10,13-14H,1,11-12H2,2-3H3,(H,26,28,29). The number of thioether (sulfide) groups is 1. The molecule has 0 atom stereocenters. The van der Waals surface area contributed by atoms with Crippen LogP contribution in [0.1, 0.15) is 18.1 Å². The molecule has 0 bridgehead atoms. The Labute approximate surface area is 196 Å². The third-order valence-corrected chi connectivity index (χ3v) is 5.49. The second-order valence-corrected chi connectivity index (χ2v) is 8.23. The van der Waals surface area contributed by atoms with E-state index in [4.69, 9.17) is 38.0 Å². The van der Waals surface area contributed by atoms with Gasteiger partial charge in [-0.25, -0.2) is 9.97 Å². The number of hydrogen-bond acceptors (Lipinski definition) is 6. The molecule has 160 valence electrons. The van der Waals surface area contributed by atoms with E-state index in [1.165, 1.54) is 0 Å². The molecule has 0 radical (unpaired) electrons. The number of anilines is 1. The van der Waals surface area contributed by atoms with Gasteiger partial charge in [-0.1, -0.05) is 71.3 Å². The van der Waals surface area contributed by atoms with Crippen LogP contribution in [0.3, 0.4) is 0 Å². The maximum absolute atomic E-state index is 6.12. The first-order valence-corrected chi connectivity index (χ1v) is 11.5. The number of halogens is 2. The molecule has 2 aromatic carbocycles. The van der Waals surface area contributed by atoms with Gasteiger partial charge in [0, 0.05) is 16.1 Å². The predicted molar refractivity (Wildman–Crippen MR) is 132 cm³/mol. The maximum atomic E-state index is 6.12. The molecule has 0 unspecified atom stereocenters. The lowest BCUT2D eigenvalue weighted by Gasteiger charge is -2.15. The van der Waals surface area contributed by atoms with Crippen molar-refractivity contribution in [2.75, 3.05) is 24.7 Å². The fourth-order valence-corrected chi connectivity index (χ4v) is 3.89. The quantitative estimate of drug-likeness (QED) is 0.124. The number of benzene rings is 2. The van der Waals surface area contributed by atoms with Crippen LogP contribution in [0.2, 0.25) is 10.0 Å². The summed E-state index contributed by atoms with van der Waals surface area (Å²) in [6.45, 7) is 6.89. The molecule has 0 aliphatic carbocycles. The molecule has 5 nitrogen and oxygen atoms in total. The van der Waals surface area contributed by atoms with Crippen molar-refractivity contribution in [2.24, 2.45) is 5.16 Å². The molecule has 0 spiro atoms. The molecule has 1 aromatic heterocycles. The van der Waals surface area contributed by atoms with E-state index in [2.05, 4.69) is 17.1 Å². The largest absolute Gasteiger partial charge is 0.394 e. The van der Waals surface area contributed by atoms with Gasteiger partial charge in [0.2, 0.25) is 0 Å². The van der Waals surface area contributed by atoms with Crippen molar-refractivity contribution >= 4 is 52.6 Å². The number of aromatic nitrogens is 2. The van der Waals surface area contributed by atoms with Crippen LogP contribution in [0.15, 0.2) is 65.3 Å². The van der Waals surface area contributed by atoms with E-state index in [1.807, 2.05) is 43.5 Å². The van der Waals surface area contributed by atoms with Gasteiger partial charge in [0.1, 0.15) is 17.5 Å². The smallest absolute Gasteiger partial charge is 0.162 e. The van der Waals surface area contributed by atoms with Crippen LogP contribution in [-0.2, 0) is 4.84 Å². The predicted octanol–water partition coefficient (Wildman–Crippen LogP) is 6.67. The van der Waals surface area contributed by atoms with Crippen LogP contribution >= 0.6 is 35.0 Å². The van der Waals surface area contributed by atoms with Gasteiger partial charge in [0.15, 0.2) is 5.82 Å². The SMILES string of the molecule is C=C(C)c1c(NCCON=Cc2ccc(Cl)cc2Cl)nc(-c2ccccc2)nc1SC. The second-order valence-electron chi connectivity index (χ2n) is 6.59. The topological polar surface area (TPSA) is 59.4 Å². The Hall–Kier alpha value is -2.54. The van der Waals surface area contributed by atoms with E-state index >= 15 is 0 Å². The molecule has 8 heteroatoms. The summed E-state index contributed by atoms with van der Waals surface area (Å²) < 4.78 is 0. The van der Waals surface area contributed by atoms with Crippen LogP contribution in [0.4, 0.5) is 5.82 Å². The molecule has 0 amide bonds. The molecular weight excluding hydrogens is 451 g/mol. The highest BCUT2D eigenvalue weighted by atomic mass is 35.5. The highest BCUT2D eigenvalue weighted by Gasteiger charge is 2.15. The van der Waals surface area contributed by atoms with E-state index in [0.29, 0.717) is 29.0 Å². The van der Waals surface area contributed by atoms with E-state index in [9.17, 15) is 0 Å². The molecule has 1 N–H and O–H groups in total. The number of oxime groups is 1. The Bertz CT molecular complexity index is 1090. The minimum atomic E-state index is 0.344. The van der Waals surface area contributed by atoms with Gasteiger partial charge in [-0.3, -0.25) is 0 Å². The first-order chi connectivity index (χ1) is 15.0. The average Bonchev–Trinajstić information content (AvgIpc) is 2.77. The number of nitrogens with zero attached hydrogens (tertiary/aromatic N) is 3. The van der Waals surface area contributed by atoms with Crippen molar-refractivity contribution in [1.82, 2.24) is 9.97 Å². The first kappa shape index (κ1) is 23.1. The molecule has 3 aromatic rings. The third kappa shape index (κ3) is 6.23. The Balaban J connectivity index is 1.69. The van der Waals surface area contributed by atoms with Crippen LogP contribution < -0.4 is 5.32 Å². The lowest BCUT2D eigenvalue weighted by molar-refractivity contribution is 0.156. The van der Waals surface area contributed by atoms with Gasteiger partial charge in [-0.05, 0) is 30.9 Å². The summed E-state index contributed by atoms with van der Waals surface area (Å²) in [6.07, 6.45) is 3.55. The molecule has 0 saturated heterocycles. The minimum absolute atomic E-state index is 0.344. The number of hydrogen-bond donors (Lipinski definition) is 1. The lowest BCUT2D eigenvalue weighted by Crippen LogP contribution is -2.12. The van der Waals surface area contributed by atoms with Crippen molar-refractivity contribution in [2.45, 2.75) is 11.9 Å². The fraction of sp³-hybridized carbons (Fsp3) is 0.174.